The molecule has 0 fully saturated rings. The van der Waals surface area contributed by atoms with Crippen LogP contribution in [0.5, 0.6) is 0 Å². The molecule has 0 aromatic heterocycles. The van der Waals surface area contributed by atoms with Crippen molar-refractivity contribution in [1.29, 1.82) is 10.5 Å². The topological polar surface area (TPSA) is 47.6 Å². The van der Waals surface area contributed by atoms with Crippen molar-refractivity contribution in [3.8, 4) is 12.1 Å². The average Bonchev–Trinajstić information content (AvgIpc) is 2.19. The maximum Gasteiger partial charge on any atom is 0.142 e. The molecule has 1 aromatic carbocycles. The van der Waals surface area contributed by atoms with Crippen LogP contribution in [0.25, 0.3) is 0 Å². The second kappa shape index (κ2) is 4.34. The van der Waals surface area contributed by atoms with Crippen LogP contribution in [0, 0.1) is 28.6 Å². The van der Waals surface area contributed by atoms with Crippen LogP contribution in [0.2, 0.25) is 5.02 Å². The molecule has 0 N–H and O–H groups in total. The van der Waals surface area contributed by atoms with Gasteiger partial charge in [-0.25, -0.2) is 0 Å². The fourth-order valence-electron chi connectivity index (χ4n) is 1.40. The lowest BCUT2D eigenvalue weighted by molar-refractivity contribution is 0.460. The van der Waals surface area contributed by atoms with Crippen LogP contribution < -0.4 is 0 Å². The normalized spacial score (nSPS) is 10.8. The van der Waals surface area contributed by atoms with Gasteiger partial charge < -0.3 is 0 Å². The predicted molar refractivity (Wildman–Crippen MR) is 59.2 cm³/mol. The Labute approximate surface area is 94.7 Å². The summed E-state index contributed by atoms with van der Waals surface area (Å²) in [5, 5.41) is 18.4. The van der Waals surface area contributed by atoms with Crippen LogP contribution in [0.3, 0.4) is 0 Å². The number of hydrogen-bond donors (Lipinski definition) is 0. The van der Waals surface area contributed by atoms with Crippen molar-refractivity contribution in [3.05, 3.63) is 34.9 Å². The summed E-state index contributed by atoms with van der Waals surface area (Å²) in [6, 6.07) is 11.3. The molecule has 0 saturated heterocycles. The van der Waals surface area contributed by atoms with E-state index in [1.807, 2.05) is 38.1 Å². The molecule has 0 atom stereocenters. The van der Waals surface area contributed by atoms with Crippen molar-refractivity contribution in [2.45, 2.75) is 19.3 Å². The molecular weight excluding hydrogens is 208 g/mol. The van der Waals surface area contributed by atoms with Gasteiger partial charge >= 0.3 is 0 Å². The van der Waals surface area contributed by atoms with Gasteiger partial charge in [0.2, 0.25) is 0 Å². The molecule has 3 heteroatoms. The average molecular weight is 219 g/mol. The number of nitriles is 2. The van der Waals surface area contributed by atoms with Crippen molar-refractivity contribution >= 4 is 11.6 Å². The third kappa shape index (κ3) is 2.29. The third-order valence-corrected chi connectivity index (χ3v) is 2.82. The van der Waals surface area contributed by atoms with E-state index in [0.29, 0.717) is 5.02 Å². The predicted octanol–water partition coefficient (Wildman–Crippen LogP) is 3.28. The van der Waals surface area contributed by atoms with Crippen LogP contribution in [0.4, 0.5) is 0 Å². The van der Waals surface area contributed by atoms with Gasteiger partial charge in [0.15, 0.2) is 0 Å². The summed E-state index contributed by atoms with van der Waals surface area (Å²) in [5.74, 6) is -0.654. The van der Waals surface area contributed by atoms with E-state index >= 15 is 0 Å². The molecule has 1 aromatic rings. The van der Waals surface area contributed by atoms with Gasteiger partial charge in [0.05, 0.1) is 12.1 Å². The Balaban J connectivity index is 3.12. The highest BCUT2D eigenvalue weighted by atomic mass is 35.5. The molecule has 0 aliphatic heterocycles. The minimum Gasteiger partial charge on any atom is -0.197 e. The fraction of sp³-hybridized carbons (Fsp3) is 0.333. The van der Waals surface area contributed by atoms with Gasteiger partial charge in [0.25, 0.3) is 0 Å². The van der Waals surface area contributed by atoms with Crippen molar-refractivity contribution in [2.24, 2.45) is 5.92 Å². The first-order chi connectivity index (χ1) is 7.02. The largest absolute Gasteiger partial charge is 0.197 e. The van der Waals surface area contributed by atoms with E-state index in [1.165, 1.54) is 0 Å². The molecule has 0 bridgehead atoms. The zero-order chi connectivity index (χ0) is 11.5. The summed E-state index contributed by atoms with van der Waals surface area (Å²) in [4.78, 5) is 0. The van der Waals surface area contributed by atoms with Gasteiger partial charge in [-0.05, 0) is 17.7 Å². The minimum absolute atomic E-state index is 0.478. The third-order valence-electron chi connectivity index (χ3n) is 2.57. The molecule has 0 unspecified atom stereocenters. The molecule has 0 radical (unpaired) electrons. The van der Waals surface area contributed by atoms with E-state index in [0.717, 1.165) is 5.56 Å². The highest BCUT2D eigenvalue weighted by Crippen LogP contribution is 2.31. The molecule has 2 nitrogen and oxygen atoms in total. The lowest BCUT2D eigenvalue weighted by Crippen LogP contribution is -2.26. The number of hydrogen-bond acceptors (Lipinski definition) is 2. The second-order valence-corrected chi connectivity index (χ2v) is 4.36. The van der Waals surface area contributed by atoms with E-state index in [-0.39, 0.29) is 0 Å². The Hall–Kier alpha value is -1.51. The van der Waals surface area contributed by atoms with Crippen LogP contribution in [0.15, 0.2) is 24.3 Å². The Kier molecular flexibility index (Phi) is 3.35. The van der Waals surface area contributed by atoms with Gasteiger partial charge in [0.1, 0.15) is 5.92 Å². The van der Waals surface area contributed by atoms with Crippen LogP contribution in [-0.2, 0) is 5.41 Å². The summed E-state index contributed by atoms with van der Waals surface area (Å²) in [6.07, 6.45) is 0. The summed E-state index contributed by atoms with van der Waals surface area (Å²) in [7, 11) is 0. The van der Waals surface area contributed by atoms with E-state index in [4.69, 9.17) is 22.1 Å². The summed E-state index contributed by atoms with van der Waals surface area (Å²) < 4.78 is 0. The van der Waals surface area contributed by atoms with E-state index in [1.54, 1.807) is 12.1 Å². The summed E-state index contributed by atoms with van der Waals surface area (Å²) in [5.41, 5.74) is 0.466. The van der Waals surface area contributed by atoms with Gasteiger partial charge in [-0.2, -0.15) is 10.5 Å². The number of rotatable bonds is 2. The standard InChI is InChI=1S/C12H11ClN2/c1-12(2,10(7-14)8-15)9-3-5-11(13)6-4-9/h3-6,10H,1-2H3. The highest BCUT2D eigenvalue weighted by Gasteiger charge is 2.31. The molecule has 0 saturated carbocycles. The molecule has 76 valence electrons. The molecule has 15 heavy (non-hydrogen) atoms. The fourth-order valence-corrected chi connectivity index (χ4v) is 1.52. The van der Waals surface area contributed by atoms with E-state index < -0.39 is 11.3 Å². The highest BCUT2D eigenvalue weighted by molar-refractivity contribution is 6.30. The maximum absolute atomic E-state index is 8.88. The van der Waals surface area contributed by atoms with E-state index in [2.05, 4.69) is 0 Å². The Bertz CT molecular complexity index is 406. The Morgan fingerprint density at radius 1 is 1.13 bits per heavy atom. The molecule has 0 amide bonds. The molecule has 1 rings (SSSR count). The first-order valence-corrected chi connectivity index (χ1v) is 4.95. The summed E-state index contributed by atoms with van der Waals surface area (Å²) in [6.45, 7) is 3.76. The molecule has 0 heterocycles. The van der Waals surface area contributed by atoms with Crippen LogP contribution in [-0.4, -0.2) is 0 Å². The van der Waals surface area contributed by atoms with Gasteiger partial charge in [0, 0.05) is 10.4 Å². The first-order valence-electron chi connectivity index (χ1n) is 4.57. The monoisotopic (exact) mass is 218 g/mol. The number of halogens is 1. The molecular formula is C12H11ClN2. The number of nitrogens with zero attached hydrogens (tertiary/aromatic N) is 2. The van der Waals surface area contributed by atoms with Crippen molar-refractivity contribution < 1.29 is 0 Å². The minimum atomic E-state index is -0.654. The smallest absolute Gasteiger partial charge is 0.142 e. The second-order valence-electron chi connectivity index (χ2n) is 3.92. The lowest BCUT2D eigenvalue weighted by Gasteiger charge is -2.25. The lowest BCUT2D eigenvalue weighted by atomic mass is 9.75. The Morgan fingerprint density at radius 2 is 1.60 bits per heavy atom. The van der Waals surface area contributed by atoms with Crippen molar-refractivity contribution in [3.63, 3.8) is 0 Å². The SMILES string of the molecule is CC(C)(c1ccc(Cl)cc1)C(C#N)C#N. The maximum atomic E-state index is 8.88. The molecule has 0 spiro atoms. The molecule has 0 aliphatic carbocycles. The van der Waals surface area contributed by atoms with Crippen LogP contribution >= 0.6 is 11.6 Å². The van der Waals surface area contributed by atoms with Crippen LogP contribution in [0.1, 0.15) is 19.4 Å². The summed E-state index contributed by atoms with van der Waals surface area (Å²) >= 11 is 5.78. The molecule has 0 aliphatic rings. The first kappa shape index (κ1) is 11.6. The number of benzene rings is 1. The van der Waals surface area contributed by atoms with Gasteiger partial charge in [-0.3, -0.25) is 0 Å². The van der Waals surface area contributed by atoms with E-state index in [9.17, 15) is 0 Å². The Morgan fingerprint density at radius 3 is 2.00 bits per heavy atom. The zero-order valence-electron chi connectivity index (χ0n) is 8.66. The van der Waals surface area contributed by atoms with Crippen molar-refractivity contribution in [1.82, 2.24) is 0 Å². The van der Waals surface area contributed by atoms with Gasteiger partial charge in [-0.1, -0.05) is 37.6 Å². The zero-order valence-corrected chi connectivity index (χ0v) is 9.42. The van der Waals surface area contributed by atoms with Gasteiger partial charge in [-0.15, -0.1) is 0 Å². The van der Waals surface area contributed by atoms with Crippen molar-refractivity contribution in [2.75, 3.05) is 0 Å². The quantitative estimate of drug-likeness (QED) is 0.765.